The van der Waals surface area contributed by atoms with Crippen molar-refractivity contribution in [1.29, 1.82) is 5.26 Å². The number of hydrogen-bond donors (Lipinski definition) is 0. The second kappa shape index (κ2) is 8.18. The largest absolute Gasteiger partial charge is 0.473 e. The summed E-state index contributed by atoms with van der Waals surface area (Å²) in [4.78, 5) is 16.9. The number of Topliss-reactive ketones (excluding diaryl/α,β-unsaturated/α-hetero) is 1. The molecule has 142 valence electrons. The molecule has 4 rings (SSSR count). The van der Waals surface area contributed by atoms with Crippen molar-refractivity contribution < 1.29 is 9.53 Å². The molecule has 1 saturated carbocycles. The van der Waals surface area contributed by atoms with E-state index < -0.39 is 0 Å². The van der Waals surface area contributed by atoms with Gasteiger partial charge in [0.25, 0.3) is 6.71 Å². The second-order valence-corrected chi connectivity index (χ2v) is 8.15. The van der Waals surface area contributed by atoms with Gasteiger partial charge in [-0.25, -0.2) is 10.2 Å². The maximum absolute atomic E-state index is 12.2. The number of pyridine rings is 1. The summed E-state index contributed by atoms with van der Waals surface area (Å²) in [7, 11) is 0. The number of nitrogens with zero attached hydrogens (tertiary/aromatic N) is 2. The van der Waals surface area contributed by atoms with Crippen molar-refractivity contribution in [2.24, 2.45) is 5.92 Å². The smallest absolute Gasteiger partial charge is 0.267 e. The standard InChI is InChI=1S/C23H25BN2O2/c1-16-13-19(23(27)18-5-6-18)7-8-20(16)14-28-22-4-2-3-21(26-22)17-9-11-24(15-25)12-10-17/h2-4,7-8,13,17-18H,5-6,9-12,14H2,1H3. The molecule has 0 spiro atoms. The molecule has 2 aliphatic rings. The van der Waals surface area contributed by atoms with Crippen molar-refractivity contribution in [2.45, 2.75) is 57.8 Å². The third kappa shape index (κ3) is 4.27. The Hall–Kier alpha value is -2.61. The number of carbonyl (C=O) groups excluding carboxylic acids is 1. The highest BCUT2D eigenvalue weighted by molar-refractivity contribution is 6.67. The Kier molecular flexibility index (Phi) is 5.48. The first kappa shape index (κ1) is 18.7. The lowest BCUT2D eigenvalue weighted by Crippen LogP contribution is -2.19. The van der Waals surface area contributed by atoms with Crippen LogP contribution in [0.5, 0.6) is 5.88 Å². The lowest BCUT2D eigenvalue weighted by atomic mass is 9.41. The molecule has 1 aromatic carbocycles. The molecular formula is C23H25BN2O2. The SMILES string of the molecule is Cc1cc(C(=O)C2CC2)ccc1COc1cccc(C2CCB(C#N)CC2)n1. The van der Waals surface area contributed by atoms with Gasteiger partial charge in [0.15, 0.2) is 5.78 Å². The summed E-state index contributed by atoms with van der Waals surface area (Å²) in [6, 6.07) is 11.9. The van der Waals surface area contributed by atoms with Gasteiger partial charge in [0, 0.05) is 35.1 Å². The third-order valence-electron chi connectivity index (χ3n) is 6.02. The van der Waals surface area contributed by atoms with Crippen LogP contribution in [0.2, 0.25) is 12.6 Å². The number of carbonyl (C=O) groups is 1. The molecule has 0 unspecified atom stereocenters. The number of hydrogen-bond acceptors (Lipinski definition) is 4. The van der Waals surface area contributed by atoms with Gasteiger partial charge in [-0.05, 0) is 43.0 Å². The predicted molar refractivity (Wildman–Crippen MR) is 110 cm³/mol. The molecular weight excluding hydrogens is 347 g/mol. The topological polar surface area (TPSA) is 63.0 Å². The fourth-order valence-corrected chi connectivity index (χ4v) is 4.00. The highest BCUT2D eigenvalue weighted by atomic mass is 16.5. The van der Waals surface area contributed by atoms with Crippen LogP contribution in [0.15, 0.2) is 36.4 Å². The van der Waals surface area contributed by atoms with E-state index in [-0.39, 0.29) is 18.4 Å². The molecule has 4 nitrogen and oxygen atoms in total. The Bertz CT molecular complexity index is 909. The van der Waals surface area contributed by atoms with Gasteiger partial charge in [-0.2, -0.15) is 0 Å². The predicted octanol–water partition coefficient (Wildman–Crippen LogP) is 5.00. The molecule has 1 aliphatic carbocycles. The summed E-state index contributed by atoms with van der Waals surface area (Å²) in [6.07, 6.45) is 6.01. The van der Waals surface area contributed by atoms with Crippen LogP contribution in [0.4, 0.5) is 0 Å². The first-order chi connectivity index (χ1) is 13.6. The van der Waals surface area contributed by atoms with Crippen molar-refractivity contribution >= 4 is 12.5 Å². The fourth-order valence-electron chi connectivity index (χ4n) is 4.00. The van der Waals surface area contributed by atoms with Gasteiger partial charge < -0.3 is 4.74 Å². The van der Waals surface area contributed by atoms with E-state index in [1.165, 1.54) is 0 Å². The summed E-state index contributed by atoms with van der Waals surface area (Å²) in [5.41, 5.74) is 4.04. The Morgan fingerprint density at radius 1 is 1.21 bits per heavy atom. The summed E-state index contributed by atoms with van der Waals surface area (Å²) < 4.78 is 5.96. The number of rotatable bonds is 6. The maximum atomic E-state index is 12.2. The zero-order valence-corrected chi connectivity index (χ0v) is 16.4. The summed E-state index contributed by atoms with van der Waals surface area (Å²) in [5, 5.41) is 9.07. The molecule has 5 heteroatoms. The van der Waals surface area contributed by atoms with Crippen LogP contribution < -0.4 is 4.74 Å². The van der Waals surface area contributed by atoms with Gasteiger partial charge in [0.1, 0.15) is 6.61 Å². The molecule has 0 bridgehead atoms. The van der Waals surface area contributed by atoms with E-state index in [1.54, 1.807) is 0 Å². The fraction of sp³-hybridized carbons (Fsp3) is 0.435. The number of ether oxygens (including phenoxy) is 1. The van der Waals surface area contributed by atoms with Crippen molar-refractivity contribution in [1.82, 2.24) is 4.98 Å². The number of ketones is 1. The molecule has 2 heterocycles. The number of aryl methyl sites for hydroxylation is 1. The number of aromatic nitrogens is 1. The highest BCUT2D eigenvalue weighted by Gasteiger charge is 2.30. The first-order valence-electron chi connectivity index (χ1n) is 10.3. The molecule has 0 amide bonds. The number of benzene rings is 1. The number of nitriles is 1. The van der Waals surface area contributed by atoms with Crippen molar-refractivity contribution in [3.05, 3.63) is 58.8 Å². The van der Waals surface area contributed by atoms with Gasteiger partial charge in [0.05, 0.1) is 0 Å². The van der Waals surface area contributed by atoms with Crippen LogP contribution in [0.1, 0.15) is 58.8 Å². The maximum Gasteiger partial charge on any atom is 0.267 e. The van der Waals surface area contributed by atoms with Crippen molar-refractivity contribution in [3.63, 3.8) is 0 Å². The van der Waals surface area contributed by atoms with Crippen LogP contribution in [0, 0.1) is 24.1 Å². The van der Waals surface area contributed by atoms with E-state index >= 15 is 0 Å². The van der Waals surface area contributed by atoms with E-state index in [9.17, 15) is 4.79 Å². The summed E-state index contributed by atoms with van der Waals surface area (Å²) >= 11 is 0. The van der Waals surface area contributed by atoms with Gasteiger partial charge in [0.2, 0.25) is 5.88 Å². The molecule has 0 N–H and O–H groups in total. The second-order valence-electron chi connectivity index (χ2n) is 8.15. The highest BCUT2D eigenvalue weighted by Crippen LogP contribution is 2.34. The van der Waals surface area contributed by atoms with Crippen LogP contribution in [-0.4, -0.2) is 17.5 Å². The Labute approximate surface area is 167 Å². The van der Waals surface area contributed by atoms with Crippen molar-refractivity contribution in [2.75, 3.05) is 0 Å². The van der Waals surface area contributed by atoms with Gasteiger partial charge in [-0.1, -0.05) is 43.7 Å². The zero-order valence-electron chi connectivity index (χ0n) is 16.4. The molecule has 1 saturated heterocycles. The molecule has 2 fully saturated rings. The first-order valence-corrected chi connectivity index (χ1v) is 10.3. The molecule has 0 radical (unpaired) electrons. The van der Waals surface area contributed by atoms with Gasteiger partial charge in [-0.3, -0.25) is 4.79 Å². The average Bonchev–Trinajstić information content (AvgIpc) is 3.58. The van der Waals surface area contributed by atoms with Crippen LogP contribution in [0.3, 0.4) is 0 Å². The van der Waals surface area contributed by atoms with E-state index in [1.807, 2.05) is 37.3 Å². The van der Waals surface area contributed by atoms with Gasteiger partial charge >= 0.3 is 0 Å². The van der Waals surface area contributed by atoms with E-state index in [0.29, 0.717) is 18.4 Å². The Morgan fingerprint density at radius 3 is 2.68 bits per heavy atom. The molecule has 1 aliphatic heterocycles. The Morgan fingerprint density at radius 2 is 2.00 bits per heavy atom. The summed E-state index contributed by atoms with van der Waals surface area (Å²) in [6.45, 7) is 2.68. The summed E-state index contributed by atoms with van der Waals surface area (Å²) in [5.74, 6) is 3.96. The Balaban J connectivity index is 1.38. The minimum atomic E-state index is 0.202. The molecule has 2 aromatic rings. The zero-order chi connectivity index (χ0) is 19.5. The lowest BCUT2D eigenvalue weighted by molar-refractivity contribution is 0.0967. The van der Waals surface area contributed by atoms with E-state index in [2.05, 4.69) is 12.0 Å². The minimum Gasteiger partial charge on any atom is -0.473 e. The van der Waals surface area contributed by atoms with E-state index in [0.717, 1.165) is 60.7 Å². The van der Waals surface area contributed by atoms with E-state index in [4.69, 9.17) is 15.0 Å². The van der Waals surface area contributed by atoms with Crippen LogP contribution in [-0.2, 0) is 6.61 Å². The van der Waals surface area contributed by atoms with Crippen LogP contribution >= 0.6 is 0 Å². The molecule has 0 atom stereocenters. The average molecular weight is 372 g/mol. The van der Waals surface area contributed by atoms with Crippen LogP contribution in [0.25, 0.3) is 0 Å². The minimum absolute atomic E-state index is 0.202. The quantitative estimate of drug-likeness (QED) is 0.529. The van der Waals surface area contributed by atoms with Crippen molar-refractivity contribution in [3.8, 4) is 11.8 Å². The molecule has 28 heavy (non-hydrogen) atoms. The lowest BCUT2D eigenvalue weighted by Gasteiger charge is -2.23. The van der Waals surface area contributed by atoms with Gasteiger partial charge in [-0.15, -0.1) is 0 Å². The third-order valence-corrected chi connectivity index (χ3v) is 6.02. The molecule has 1 aromatic heterocycles. The monoisotopic (exact) mass is 372 g/mol. The normalized spacial score (nSPS) is 17.2.